The molecule has 0 bridgehead atoms. The molecule has 0 saturated heterocycles. The van der Waals surface area contributed by atoms with Crippen LogP contribution < -0.4 is 0 Å². The van der Waals surface area contributed by atoms with Gasteiger partial charge in [-0.15, -0.1) is 0 Å². The summed E-state index contributed by atoms with van der Waals surface area (Å²) in [6, 6.07) is 4.80. The van der Waals surface area contributed by atoms with Crippen molar-refractivity contribution in [1.29, 1.82) is 0 Å². The summed E-state index contributed by atoms with van der Waals surface area (Å²) in [5, 5.41) is 0. The molecule has 0 aliphatic heterocycles. The van der Waals surface area contributed by atoms with Gasteiger partial charge in [-0.2, -0.15) is 0 Å². The maximum absolute atomic E-state index is 12.2. The molecule has 0 N–H and O–H groups in total. The summed E-state index contributed by atoms with van der Waals surface area (Å²) in [6.45, 7) is 0. The highest BCUT2D eigenvalue weighted by molar-refractivity contribution is 6.14. The predicted molar refractivity (Wildman–Crippen MR) is 82.5 cm³/mol. The first-order valence-corrected chi connectivity index (χ1v) is 6.63. The van der Waals surface area contributed by atoms with E-state index in [2.05, 4.69) is 14.5 Å². The standard InChI is InChI=1S/C16H18N2O5/c1-18(2)10-12(16(21)23-4)11(15(20)22-3)9-14(19)13-7-5-6-8-17-13/h5-10H,1-4H3/b11-9+,12-10-. The third kappa shape index (κ3) is 5.06. The second-order valence-electron chi connectivity index (χ2n) is 4.63. The molecule has 0 amide bonds. The molecule has 0 aromatic carbocycles. The van der Waals surface area contributed by atoms with Crippen molar-refractivity contribution >= 4 is 17.7 Å². The van der Waals surface area contributed by atoms with E-state index in [-0.39, 0.29) is 16.8 Å². The average molecular weight is 318 g/mol. The summed E-state index contributed by atoms with van der Waals surface area (Å²) in [5.74, 6) is -2.11. The minimum Gasteiger partial charge on any atom is -0.465 e. The second kappa shape index (κ2) is 8.47. The maximum atomic E-state index is 12.2. The van der Waals surface area contributed by atoms with Gasteiger partial charge in [0, 0.05) is 32.6 Å². The van der Waals surface area contributed by atoms with Crippen molar-refractivity contribution in [3.63, 3.8) is 0 Å². The van der Waals surface area contributed by atoms with Gasteiger partial charge in [0.25, 0.3) is 0 Å². The Morgan fingerprint density at radius 3 is 2.13 bits per heavy atom. The number of methoxy groups -OCH3 is 2. The summed E-state index contributed by atoms with van der Waals surface area (Å²) >= 11 is 0. The van der Waals surface area contributed by atoms with Gasteiger partial charge >= 0.3 is 11.9 Å². The lowest BCUT2D eigenvalue weighted by Crippen LogP contribution is -2.19. The van der Waals surface area contributed by atoms with E-state index in [9.17, 15) is 14.4 Å². The number of nitrogens with zero attached hydrogens (tertiary/aromatic N) is 2. The number of allylic oxidation sites excluding steroid dienone is 1. The highest BCUT2D eigenvalue weighted by atomic mass is 16.5. The van der Waals surface area contributed by atoms with Gasteiger partial charge in [0.2, 0.25) is 5.78 Å². The molecule has 23 heavy (non-hydrogen) atoms. The molecule has 0 aliphatic carbocycles. The lowest BCUT2D eigenvalue weighted by atomic mass is 10.0. The third-order valence-electron chi connectivity index (χ3n) is 2.68. The molecule has 1 rings (SSSR count). The molecule has 0 fully saturated rings. The van der Waals surface area contributed by atoms with Crippen LogP contribution in [0.3, 0.4) is 0 Å². The van der Waals surface area contributed by atoms with Crippen molar-refractivity contribution in [3.05, 3.63) is 53.5 Å². The number of hydrogen-bond donors (Lipinski definition) is 0. The number of aromatic nitrogens is 1. The summed E-state index contributed by atoms with van der Waals surface area (Å²) in [7, 11) is 5.67. The van der Waals surface area contributed by atoms with Crippen LogP contribution in [0.25, 0.3) is 0 Å². The van der Waals surface area contributed by atoms with Crippen molar-refractivity contribution in [2.45, 2.75) is 0 Å². The number of esters is 2. The smallest absolute Gasteiger partial charge is 0.340 e. The van der Waals surface area contributed by atoms with E-state index >= 15 is 0 Å². The second-order valence-corrected chi connectivity index (χ2v) is 4.63. The predicted octanol–water partition coefficient (Wildman–Crippen LogP) is 0.982. The first-order chi connectivity index (χ1) is 10.9. The van der Waals surface area contributed by atoms with Crippen molar-refractivity contribution in [2.75, 3.05) is 28.3 Å². The lowest BCUT2D eigenvalue weighted by molar-refractivity contribution is -0.139. The fourth-order valence-corrected chi connectivity index (χ4v) is 1.67. The Morgan fingerprint density at radius 2 is 1.65 bits per heavy atom. The molecule has 0 unspecified atom stereocenters. The Hall–Kier alpha value is -2.96. The van der Waals surface area contributed by atoms with Crippen LogP contribution in [0, 0.1) is 0 Å². The molecule has 0 aliphatic rings. The van der Waals surface area contributed by atoms with Crippen molar-refractivity contribution in [1.82, 2.24) is 9.88 Å². The van der Waals surface area contributed by atoms with Gasteiger partial charge in [-0.3, -0.25) is 9.78 Å². The summed E-state index contributed by atoms with van der Waals surface area (Å²) in [6.07, 6.45) is 3.84. The first kappa shape index (κ1) is 18.1. The Morgan fingerprint density at radius 1 is 1.04 bits per heavy atom. The van der Waals surface area contributed by atoms with Crippen molar-refractivity contribution < 1.29 is 23.9 Å². The average Bonchev–Trinajstić information content (AvgIpc) is 2.56. The first-order valence-electron chi connectivity index (χ1n) is 6.63. The van der Waals surface area contributed by atoms with E-state index in [4.69, 9.17) is 0 Å². The largest absolute Gasteiger partial charge is 0.465 e. The van der Waals surface area contributed by atoms with Crippen LogP contribution in [0.15, 0.2) is 47.8 Å². The molecule has 1 heterocycles. The fourth-order valence-electron chi connectivity index (χ4n) is 1.67. The molecule has 0 saturated carbocycles. The van der Waals surface area contributed by atoms with Crippen LogP contribution in [-0.4, -0.2) is 55.9 Å². The van der Waals surface area contributed by atoms with Crippen LogP contribution in [0.2, 0.25) is 0 Å². The van der Waals surface area contributed by atoms with Gasteiger partial charge in [0.1, 0.15) is 5.69 Å². The number of carbonyl (C=O) groups excluding carboxylic acids is 3. The van der Waals surface area contributed by atoms with Crippen LogP contribution in [-0.2, 0) is 19.1 Å². The molecule has 1 aromatic rings. The zero-order valence-electron chi connectivity index (χ0n) is 13.4. The zero-order valence-corrected chi connectivity index (χ0v) is 13.4. The van der Waals surface area contributed by atoms with E-state index in [0.717, 1.165) is 13.2 Å². The Bertz CT molecular complexity index is 648. The number of carbonyl (C=O) groups is 3. The van der Waals surface area contributed by atoms with Crippen LogP contribution in [0.5, 0.6) is 0 Å². The minimum atomic E-state index is -0.826. The quantitative estimate of drug-likeness (QED) is 0.334. The van der Waals surface area contributed by atoms with Gasteiger partial charge in [-0.1, -0.05) is 6.07 Å². The molecule has 122 valence electrons. The fraction of sp³-hybridized carbons (Fsp3) is 0.250. The monoisotopic (exact) mass is 318 g/mol. The molecule has 0 atom stereocenters. The number of rotatable bonds is 6. The van der Waals surface area contributed by atoms with Gasteiger partial charge in [0.05, 0.1) is 25.4 Å². The topological polar surface area (TPSA) is 85.8 Å². The highest BCUT2D eigenvalue weighted by Crippen LogP contribution is 2.16. The van der Waals surface area contributed by atoms with Gasteiger partial charge in [-0.25, -0.2) is 9.59 Å². The van der Waals surface area contributed by atoms with E-state index < -0.39 is 17.7 Å². The van der Waals surface area contributed by atoms with E-state index in [0.29, 0.717) is 0 Å². The summed E-state index contributed by atoms with van der Waals surface area (Å²) in [5.41, 5.74) is -0.152. The molecule has 7 nitrogen and oxygen atoms in total. The summed E-state index contributed by atoms with van der Waals surface area (Å²) < 4.78 is 9.33. The van der Waals surface area contributed by atoms with Crippen LogP contribution in [0.1, 0.15) is 10.5 Å². The van der Waals surface area contributed by atoms with Crippen LogP contribution >= 0.6 is 0 Å². The van der Waals surface area contributed by atoms with E-state index in [1.165, 1.54) is 25.6 Å². The third-order valence-corrected chi connectivity index (χ3v) is 2.68. The lowest BCUT2D eigenvalue weighted by Gasteiger charge is -2.12. The van der Waals surface area contributed by atoms with Crippen molar-refractivity contribution in [3.8, 4) is 0 Å². The molecule has 0 radical (unpaired) electrons. The van der Waals surface area contributed by atoms with Gasteiger partial charge < -0.3 is 14.4 Å². The number of hydrogen-bond acceptors (Lipinski definition) is 7. The molecule has 1 aromatic heterocycles. The molecule has 0 spiro atoms. The Labute approximate surface area is 134 Å². The zero-order chi connectivity index (χ0) is 17.4. The number of pyridine rings is 1. The number of ether oxygens (including phenoxy) is 2. The highest BCUT2D eigenvalue weighted by Gasteiger charge is 2.24. The Kier molecular flexibility index (Phi) is 6.67. The normalized spacial score (nSPS) is 11.7. The van der Waals surface area contributed by atoms with E-state index in [1.54, 1.807) is 31.1 Å². The van der Waals surface area contributed by atoms with Gasteiger partial charge in [0.15, 0.2) is 0 Å². The van der Waals surface area contributed by atoms with Crippen molar-refractivity contribution in [2.24, 2.45) is 0 Å². The van der Waals surface area contributed by atoms with E-state index in [1.807, 2.05) is 0 Å². The SMILES string of the molecule is COC(=O)C(=C\N(C)C)/C(=C\C(=O)c1ccccn1)C(=O)OC. The molecular formula is C16H18N2O5. The molecular weight excluding hydrogens is 300 g/mol. The minimum absolute atomic E-state index is 0.0892. The van der Waals surface area contributed by atoms with Gasteiger partial charge in [-0.05, 0) is 12.1 Å². The maximum Gasteiger partial charge on any atom is 0.340 e. The number of ketones is 1. The molecule has 7 heteroatoms. The Balaban J connectivity index is 3.37. The van der Waals surface area contributed by atoms with Crippen LogP contribution in [0.4, 0.5) is 0 Å². The summed E-state index contributed by atoms with van der Waals surface area (Å²) in [4.78, 5) is 41.6.